The van der Waals surface area contributed by atoms with Crippen molar-refractivity contribution in [1.29, 1.82) is 0 Å². The predicted molar refractivity (Wildman–Crippen MR) is 81.5 cm³/mol. The highest BCUT2D eigenvalue weighted by Gasteiger charge is 2.31. The molecule has 2 unspecified atom stereocenters. The lowest BCUT2D eigenvalue weighted by molar-refractivity contribution is 0.0916. The highest BCUT2D eigenvalue weighted by molar-refractivity contribution is 7.89. The molecule has 0 aliphatic heterocycles. The molecule has 1 aliphatic carbocycles. The second-order valence-electron chi connectivity index (χ2n) is 5.83. The van der Waals surface area contributed by atoms with Gasteiger partial charge < -0.3 is 15.0 Å². The summed E-state index contributed by atoms with van der Waals surface area (Å²) in [6, 6.07) is 1.90. The molecule has 1 heterocycles. The van der Waals surface area contributed by atoms with Crippen molar-refractivity contribution in [2.75, 3.05) is 7.11 Å². The van der Waals surface area contributed by atoms with Crippen molar-refractivity contribution in [3.05, 3.63) is 18.0 Å². The van der Waals surface area contributed by atoms with Gasteiger partial charge in [-0.1, -0.05) is 13.8 Å². The summed E-state index contributed by atoms with van der Waals surface area (Å²) in [7, 11) is -1.87. The number of rotatable bonds is 7. The molecule has 0 radical (unpaired) electrons. The lowest BCUT2D eigenvalue weighted by Crippen LogP contribution is -2.40. The molecule has 1 fully saturated rings. The van der Waals surface area contributed by atoms with Crippen LogP contribution < -0.4 is 10.0 Å². The smallest absolute Gasteiger partial charge is 0.242 e. The van der Waals surface area contributed by atoms with Crippen molar-refractivity contribution in [1.82, 2.24) is 15.0 Å². The first-order valence-corrected chi connectivity index (χ1v) is 8.86. The molecule has 0 bridgehead atoms. The van der Waals surface area contributed by atoms with Crippen LogP contribution in [0.5, 0.6) is 0 Å². The molecule has 6 nitrogen and oxygen atoms in total. The number of aromatic amines is 1. The van der Waals surface area contributed by atoms with E-state index in [-0.39, 0.29) is 17.0 Å². The topological polar surface area (TPSA) is 83.2 Å². The minimum absolute atomic E-state index is 0.0270. The van der Waals surface area contributed by atoms with Crippen LogP contribution >= 0.6 is 0 Å². The molecule has 3 N–H and O–H groups in total. The number of aromatic nitrogens is 1. The Balaban J connectivity index is 2.02. The lowest BCUT2D eigenvalue weighted by Gasteiger charge is -2.19. The molecular formula is C14H25N3O3S. The van der Waals surface area contributed by atoms with Crippen molar-refractivity contribution in [2.24, 2.45) is 0 Å². The van der Waals surface area contributed by atoms with E-state index in [0.717, 1.165) is 25.0 Å². The molecule has 21 heavy (non-hydrogen) atoms. The summed E-state index contributed by atoms with van der Waals surface area (Å²) >= 11 is 0. The number of hydrogen-bond donors (Lipinski definition) is 3. The minimum Gasteiger partial charge on any atom is -0.380 e. The molecule has 1 aromatic heterocycles. The molecule has 1 aliphatic rings. The molecule has 1 saturated carbocycles. The summed E-state index contributed by atoms with van der Waals surface area (Å²) in [5.74, 6) is 0. The van der Waals surface area contributed by atoms with Crippen molar-refractivity contribution < 1.29 is 13.2 Å². The number of H-pyrrole nitrogens is 1. The maximum absolute atomic E-state index is 12.4. The summed E-state index contributed by atoms with van der Waals surface area (Å²) in [4.78, 5) is 3.29. The standard InChI is InChI=1S/C14H25N3O3S/c1-10(2)15-8-11-7-12(9-16-11)21(18,19)17-13-5-4-6-14(13)20-3/h7,9-10,13-17H,4-6,8H2,1-3H3. The number of methoxy groups -OCH3 is 1. The Morgan fingerprint density at radius 1 is 1.43 bits per heavy atom. The molecule has 120 valence electrons. The van der Waals surface area contributed by atoms with E-state index < -0.39 is 10.0 Å². The maximum Gasteiger partial charge on any atom is 0.242 e. The second-order valence-corrected chi connectivity index (χ2v) is 7.54. The first-order valence-electron chi connectivity index (χ1n) is 7.38. The van der Waals surface area contributed by atoms with Gasteiger partial charge in [0.25, 0.3) is 0 Å². The van der Waals surface area contributed by atoms with Gasteiger partial charge in [-0.15, -0.1) is 0 Å². The Morgan fingerprint density at radius 2 is 2.19 bits per heavy atom. The van der Waals surface area contributed by atoms with Crippen molar-refractivity contribution in [2.45, 2.75) is 62.7 Å². The molecular weight excluding hydrogens is 290 g/mol. The van der Waals surface area contributed by atoms with Gasteiger partial charge in [0.05, 0.1) is 11.0 Å². The highest BCUT2D eigenvalue weighted by atomic mass is 32.2. The van der Waals surface area contributed by atoms with Crippen LogP contribution in [-0.4, -0.2) is 38.7 Å². The zero-order valence-corrected chi connectivity index (χ0v) is 13.7. The largest absolute Gasteiger partial charge is 0.380 e. The third-order valence-corrected chi connectivity index (χ3v) is 5.26. The van der Waals surface area contributed by atoms with Crippen LogP contribution in [0.4, 0.5) is 0 Å². The van der Waals surface area contributed by atoms with Crippen LogP contribution in [0.25, 0.3) is 0 Å². The first-order chi connectivity index (χ1) is 9.92. The van der Waals surface area contributed by atoms with Crippen molar-refractivity contribution in [3.8, 4) is 0 Å². The third-order valence-electron chi connectivity index (χ3n) is 3.79. The lowest BCUT2D eigenvalue weighted by atomic mass is 10.2. The Kier molecular flexibility index (Phi) is 5.43. The van der Waals surface area contributed by atoms with Gasteiger partial charge in [0.15, 0.2) is 0 Å². The van der Waals surface area contributed by atoms with Crippen molar-refractivity contribution >= 4 is 10.0 Å². The minimum atomic E-state index is -3.49. The fourth-order valence-corrected chi connectivity index (χ4v) is 3.92. The van der Waals surface area contributed by atoms with Gasteiger partial charge >= 0.3 is 0 Å². The zero-order valence-electron chi connectivity index (χ0n) is 12.8. The van der Waals surface area contributed by atoms with Crippen LogP contribution in [0.2, 0.25) is 0 Å². The average molecular weight is 315 g/mol. The van der Waals surface area contributed by atoms with E-state index in [4.69, 9.17) is 4.74 Å². The summed E-state index contributed by atoms with van der Waals surface area (Å²) < 4.78 is 32.9. The van der Waals surface area contributed by atoms with Gasteiger partial charge in [0.1, 0.15) is 0 Å². The van der Waals surface area contributed by atoms with Gasteiger partial charge in [-0.25, -0.2) is 13.1 Å². The first kappa shape index (κ1) is 16.5. The van der Waals surface area contributed by atoms with E-state index in [9.17, 15) is 8.42 Å². The Hall–Kier alpha value is -0.890. The normalized spacial score (nSPS) is 23.0. The molecule has 1 aromatic rings. The molecule has 0 spiro atoms. The molecule has 2 atom stereocenters. The molecule has 0 amide bonds. The summed E-state index contributed by atoms with van der Waals surface area (Å²) in [6.07, 6.45) is 4.23. The summed E-state index contributed by atoms with van der Waals surface area (Å²) in [6.45, 7) is 4.72. The van der Waals surface area contributed by atoms with Crippen LogP contribution in [0.3, 0.4) is 0 Å². The highest BCUT2D eigenvalue weighted by Crippen LogP contribution is 2.23. The molecule has 7 heteroatoms. The fourth-order valence-electron chi connectivity index (χ4n) is 2.60. The van der Waals surface area contributed by atoms with Crippen LogP contribution in [0.15, 0.2) is 17.2 Å². The second kappa shape index (κ2) is 6.91. The van der Waals surface area contributed by atoms with E-state index in [1.54, 1.807) is 13.2 Å². The SMILES string of the molecule is COC1CCCC1NS(=O)(=O)c1c[nH]c(CNC(C)C)c1. The van der Waals surface area contributed by atoms with E-state index in [1.165, 1.54) is 6.20 Å². The van der Waals surface area contributed by atoms with Crippen LogP contribution in [-0.2, 0) is 21.3 Å². The number of nitrogens with one attached hydrogen (secondary N) is 3. The predicted octanol–water partition coefficient (Wildman–Crippen LogP) is 1.36. The Labute approximate surface area is 126 Å². The van der Waals surface area contributed by atoms with Crippen molar-refractivity contribution in [3.63, 3.8) is 0 Å². The monoisotopic (exact) mass is 315 g/mol. The van der Waals surface area contributed by atoms with Crippen LogP contribution in [0, 0.1) is 0 Å². The van der Waals surface area contributed by atoms with Gasteiger partial charge in [-0.05, 0) is 25.3 Å². The number of hydrogen-bond acceptors (Lipinski definition) is 4. The third kappa shape index (κ3) is 4.29. The van der Waals surface area contributed by atoms with E-state index in [1.807, 2.05) is 13.8 Å². The summed E-state index contributed by atoms with van der Waals surface area (Å²) in [5.41, 5.74) is 0.860. The molecule has 0 aromatic carbocycles. The van der Waals surface area contributed by atoms with E-state index in [0.29, 0.717) is 12.6 Å². The van der Waals surface area contributed by atoms with Gasteiger partial charge in [0, 0.05) is 37.6 Å². The van der Waals surface area contributed by atoms with Gasteiger partial charge in [0.2, 0.25) is 10.0 Å². The average Bonchev–Trinajstić information content (AvgIpc) is 3.04. The number of ether oxygens (including phenoxy) is 1. The molecule has 2 rings (SSSR count). The molecule has 0 saturated heterocycles. The Morgan fingerprint density at radius 3 is 2.86 bits per heavy atom. The Bertz CT molecular complexity index is 554. The van der Waals surface area contributed by atoms with E-state index >= 15 is 0 Å². The number of sulfonamides is 1. The quantitative estimate of drug-likeness (QED) is 0.709. The fraction of sp³-hybridized carbons (Fsp3) is 0.714. The maximum atomic E-state index is 12.4. The van der Waals surface area contributed by atoms with Gasteiger partial charge in [-0.2, -0.15) is 0 Å². The zero-order chi connectivity index (χ0) is 15.5. The van der Waals surface area contributed by atoms with Crippen LogP contribution in [0.1, 0.15) is 38.8 Å². The van der Waals surface area contributed by atoms with Gasteiger partial charge in [-0.3, -0.25) is 0 Å². The summed E-state index contributed by atoms with van der Waals surface area (Å²) in [5, 5.41) is 3.25. The van der Waals surface area contributed by atoms with E-state index in [2.05, 4.69) is 15.0 Å².